The highest BCUT2D eigenvalue weighted by Crippen LogP contribution is 2.38. The molecule has 1 saturated carbocycles. The number of amides is 2. The van der Waals surface area contributed by atoms with Crippen molar-refractivity contribution in [2.75, 3.05) is 11.9 Å². The molecule has 194 valence electrons. The summed E-state index contributed by atoms with van der Waals surface area (Å²) >= 11 is 6.59. The Kier molecular flexibility index (Phi) is 9.01. The molecule has 0 heterocycles. The molecule has 0 aliphatic heterocycles. The minimum atomic E-state index is -1.10. The van der Waals surface area contributed by atoms with Crippen LogP contribution in [-0.4, -0.2) is 35.7 Å². The van der Waals surface area contributed by atoms with Crippen LogP contribution in [0.25, 0.3) is 11.1 Å². The van der Waals surface area contributed by atoms with E-state index in [1.165, 1.54) is 0 Å². The summed E-state index contributed by atoms with van der Waals surface area (Å²) in [6.07, 6.45) is 2.39. The number of alkyl carbamates (subject to hydrolysis) is 1. The molecule has 2 aromatic rings. The van der Waals surface area contributed by atoms with Gasteiger partial charge in [0.1, 0.15) is 11.1 Å². The second-order valence-corrected chi connectivity index (χ2v) is 10.4. The van der Waals surface area contributed by atoms with Gasteiger partial charge in [-0.25, -0.2) is 4.79 Å². The predicted molar refractivity (Wildman–Crippen MR) is 141 cm³/mol. The third-order valence-corrected chi connectivity index (χ3v) is 6.45. The molecule has 3 rings (SSSR count). The van der Waals surface area contributed by atoms with Crippen LogP contribution in [0.2, 0.25) is 5.02 Å². The molecule has 0 saturated heterocycles. The molecule has 0 atom stereocenters. The van der Waals surface area contributed by atoms with Crippen molar-refractivity contribution in [3.8, 4) is 11.1 Å². The molecular formula is C28H35ClN2O5. The molecule has 2 aromatic carbocycles. The van der Waals surface area contributed by atoms with Crippen molar-refractivity contribution >= 4 is 35.3 Å². The third-order valence-electron chi connectivity index (χ3n) is 6.10. The quantitative estimate of drug-likeness (QED) is 0.404. The van der Waals surface area contributed by atoms with Gasteiger partial charge in [0.2, 0.25) is 5.91 Å². The van der Waals surface area contributed by atoms with E-state index in [9.17, 15) is 14.4 Å². The van der Waals surface area contributed by atoms with Crippen LogP contribution in [0.5, 0.6) is 0 Å². The van der Waals surface area contributed by atoms with Gasteiger partial charge in [-0.2, -0.15) is 0 Å². The van der Waals surface area contributed by atoms with Gasteiger partial charge in [0.15, 0.2) is 0 Å². The highest BCUT2D eigenvalue weighted by atomic mass is 35.5. The molecular weight excluding hydrogens is 480 g/mol. The van der Waals surface area contributed by atoms with Gasteiger partial charge >= 0.3 is 12.1 Å². The number of nitrogens with one attached hydrogen (secondary N) is 2. The van der Waals surface area contributed by atoms with Crippen LogP contribution >= 0.6 is 11.6 Å². The number of hydrogen-bond acceptors (Lipinski definition) is 5. The van der Waals surface area contributed by atoms with Crippen molar-refractivity contribution in [1.82, 2.24) is 5.32 Å². The zero-order valence-corrected chi connectivity index (χ0v) is 22.2. The van der Waals surface area contributed by atoms with Crippen molar-refractivity contribution in [2.45, 2.75) is 77.4 Å². The molecule has 0 spiro atoms. The fourth-order valence-corrected chi connectivity index (χ4v) is 4.70. The monoisotopic (exact) mass is 514 g/mol. The lowest BCUT2D eigenvalue weighted by Crippen LogP contribution is -2.56. The highest BCUT2D eigenvalue weighted by molar-refractivity contribution is 6.32. The van der Waals surface area contributed by atoms with Crippen molar-refractivity contribution in [3.05, 3.63) is 53.1 Å². The number of halogens is 1. The average Bonchev–Trinajstić information content (AvgIpc) is 3.28. The van der Waals surface area contributed by atoms with Gasteiger partial charge in [-0.1, -0.05) is 60.8 Å². The highest BCUT2D eigenvalue weighted by Gasteiger charge is 2.44. The van der Waals surface area contributed by atoms with Gasteiger partial charge < -0.3 is 20.1 Å². The van der Waals surface area contributed by atoms with Crippen LogP contribution in [0.15, 0.2) is 42.5 Å². The van der Waals surface area contributed by atoms with Gasteiger partial charge in [0.25, 0.3) is 0 Å². The summed E-state index contributed by atoms with van der Waals surface area (Å²) in [5, 5.41) is 6.37. The number of anilines is 1. The maximum atomic E-state index is 13.8. The fourth-order valence-electron chi connectivity index (χ4n) is 4.45. The lowest BCUT2D eigenvalue weighted by molar-refractivity contribution is -0.143. The molecule has 1 aliphatic rings. The molecule has 1 aliphatic carbocycles. The first-order chi connectivity index (χ1) is 17.0. The smallest absolute Gasteiger partial charge is 0.408 e. The Morgan fingerprint density at radius 1 is 1.03 bits per heavy atom. The number of esters is 1. The number of carbonyl (C=O) groups is 3. The van der Waals surface area contributed by atoms with Crippen LogP contribution < -0.4 is 10.6 Å². The first kappa shape index (κ1) is 27.5. The molecule has 1 fully saturated rings. The van der Waals surface area contributed by atoms with E-state index in [4.69, 9.17) is 21.1 Å². The van der Waals surface area contributed by atoms with Crippen LogP contribution in [0, 0.1) is 0 Å². The first-order valence-corrected chi connectivity index (χ1v) is 12.8. The molecule has 36 heavy (non-hydrogen) atoms. The number of ether oxygens (including phenoxy) is 2. The van der Waals surface area contributed by atoms with E-state index in [2.05, 4.69) is 10.6 Å². The van der Waals surface area contributed by atoms with Gasteiger partial charge in [0, 0.05) is 17.0 Å². The van der Waals surface area contributed by atoms with E-state index in [0.717, 1.165) is 24.0 Å². The molecule has 0 unspecified atom stereocenters. The number of rotatable bonds is 8. The zero-order chi connectivity index (χ0) is 26.3. The van der Waals surface area contributed by atoms with E-state index in [-0.39, 0.29) is 18.3 Å². The van der Waals surface area contributed by atoms with E-state index in [1.807, 2.05) is 36.4 Å². The summed E-state index contributed by atoms with van der Waals surface area (Å²) in [7, 11) is 0. The summed E-state index contributed by atoms with van der Waals surface area (Å²) in [4.78, 5) is 38.5. The lowest BCUT2D eigenvalue weighted by Gasteiger charge is -2.31. The summed E-state index contributed by atoms with van der Waals surface area (Å²) in [5.41, 5.74) is 1.05. The normalized spacial score (nSPS) is 14.7. The number of carbonyl (C=O) groups excluding carboxylic acids is 3. The molecule has 0 aromatic heterocycles. The molecule has 2 amide bonds. The average molecular weight is 515 g/mol. The number of benzene rings is 2. The van der Waals surface area contributed by atoms with Crippen LogP contribution in [0.4, 0.5) is 10.5 Å². The summed E-state index contributed by atoms with van der Waals surface area (Å²) in [6.45, 7) is 7.38. The minimum absolute atomic E-state index is 0.121. The predicted octanol–water partition coefficient (Wildman–Crippen LogP) is 6.28. The third kappa shape index (κ3) is 7.00. The van der Waals surface area contributed by atoms with Crippen molar-refractivity contribution in [1.29, 1.82) is 0 Å². The molecule has 7 nitrogen and oxygen atoms in total. The van der Waals surface area contributed by atoms with Gasteiger partial charge in [-0.15, -0.1) is 0 Å². The van der Waals surface area contributed by atoms with Crippen LogP contribution in [-0.2, 0) is 25.5 Å². The summed E-state index contributed by atoms with van der Waals surface area (Å²) < 4.78 is 10.5. The van der Waals surface area contributed by atoms with Crippen LogP contribution in [0.3, 0.4) is 0 Å². The first-order valence-electron chi connectivity index (χ1n) is 12.4. The van der Waals surface area contributed by atoms with Gasteiger partial charge in [-0.3, -0.25) is 9.59 Å². The van der Waals surface area contributed by atoms with Gasteiger partial charge in [0.05, 0.1) is 12.3 Å². The molecule has 2 N–H and O–H groups in total. The Balaban J connectivity index is 1.98. The van der Waals surface area contributed by atoms with Crippen molar-refractivity contribution < 1.29 is 23.9 Å². The Hall–Kier alpha value is -3.06. The largest absolute Gasteiger partial charge is 0.466 e. The Labute approximate surface area is 217 Å². The maximum Gasteiger partial charge on any atom is 0.408 e. The van der Waals surface area contributed by atoms with E-state index < -0.39 is 17.2 Å². The second kappa shape index (κ2) is 11.8. The molecule has 0 radical (unpaired) electrons. The Morgan fingerprint density at radius 3 is 2.31 bits per heavy atom. The van der Waals surface area contributed by atoms with Gasteiger partial charge in [-0.05, 0) is 64.2 Å². The van der Waals surface area contributed by atoms with Crippen LogP contribution in [0.1, 0.15) is 65.4 Å². The second-order valence-electron chi connectivity index (χ2n) is 9.99. The summed E-state index contributed by atoms with van der Waals surface area (Å²) in [6, 6.07) is 13.2. The molecule has 8 heteroatoms. The maximum absolute atomic E-state index is 13.8. The Morgan fingerprint density at radius 2 is 1.69 bits per heavy atom. The topological polar surface area (TPSA) is 93.7 Å². The van der Waals surface area contributed by atoms with E-state index >= 15 is 0 Å². The van der Waals surface area contributed by atoms with E-state index in [0.29, 0.717) is 42.1 Å². The van der Waals surface area contributed by atoms with Crippen molar-refractivity contribution in [2.24, 2.45) is 0 Å². The minimum Gasteiger partial charge on any atom is -0.466 e. The zero-order valence-electron chi connectivity index (χ0n) is 21.4. The summed E-state index contributed by atoms with van der Waals surface area (Å²) in [5.74, 6) is -0.669. The SMILES string of the molecule is CCOC(=O)CCc1c(Cl)ccc(-c2ccccc2)c1NC(=O)C1(NC(=O)OC(C)(C)C)CCCC1. The fraction of sp³-hybridized carbons (Fsp3) is 0.464. The van der Waals surface area contributed by atoms with Crippen molar-refractivity contribution in [3.63, 3.8) is 0 Å². The standard InChI is InChI=1S/C28H35ClN2O5/c1-5-35-23(32)16-14-21-22(29)15-13-20(19-11-7-6-8-12-19)24(21)30-25(33)28(17-9-10-18-28)31-26(34)36-27(2,3)4/h6-8,11-13,15H,5,9-10,14,16-18H2,1-4H3,(H,30,33)(H,31,34). The van der Waals surface area contributed by atoms with E-state index in [1.54, 1.807) is 33.8 Å². The lowest BCUT2D eigenvalue weighted by atomic mass is 9.93. The number of hydrogen-bond donors (Lipinski definition) is 2. The Bertz CT molecular complexity index is 1090. The molecule has 0 bridgehead atoms.